The van der Waals surface area contributed by atoms with Crippen molar-refractivity contribution in [1.29, 1.82) is 0 Å². The topological polar surface area (TPSA) is 60.0 Å². The molecule has 1 aliphatic heterocycles. The van der Waals surface area contributed by atoms with E-state index >= 15 is 0 Å². The molecule has 0 bridgehead atoms. The van der Waals surface area contributed by atoms with Crippen molar-refractivity contribution in [2.75, 3.05) is 40.5 Å². The molecule has 0 aliphatic carbocycles. The monoisotopic (exact) mass is 384 g/mol. The van der Waals surface area contributed by atoms with Crippen molar-refractivity contribution < 1.29 is 19.0 Å². The second-order valence-corrected chi connectivity index (χ2v) is 7.07. The molecule has 0 saturated carbocycles. The SMILES string of the molecule is COc1ccc(C)cc1CN(C)CC(=O)NCCc1ccc2c(c1)OCCO2. The van der Waals surface area contributed by atoms with Crippen molar-refractivity contribution in [3.63, 3.8) is 0 Å². The van der Waals surface area contributed by atoms with Crippen LogP contribution in [-0.2, 0) is 17.8 Å². The third kappa shape index (κ3) is 5.39. The molecule has 1 aliphatic rings. The lowest BCUT2D eigenvalue weighted by Gasteiger charge is -2.19. The highest BCUT2D eigenvalue weighted by Crippen LogP contribution is 2.30. The Morgan fingerprint density at radius 3 is 2.71 bits per heavy atom. The molecule has 1 amide bonds. The van der Waals surface area contributed by atoms with Crippen molar-refractivity contribution in [1.82, 2.24) is 10.2 Å². The molecule has 6 heteroatoms. The quantitative estimate of drug-likeness (QED) is 0.758. The van der Waals surface area contributed by atoms with Crippen molar-refractivity contribution in [2.45, 2.75) is 19.9 Å². The van der Waals surface area contributed by atoms with Crippen LogP contribution in [-0.4, -0.2) is 51.3 Å². The average molecular weight is 384 g/mol. The summed E-state index contributed by atoms with van der Waals surface area (Å²) < 4.78 is 16.5. The lowest BCUT2D eigenvalue weighted by Crippen LogP contribution is -2.35. The Morgan fingerprint density at radius 1 is 1.14 bits per heavy atom. The van der Waals surface area contributed by atoms with E-state index < -0.39 is 0 Å². The lowest BCUT2D eigenvalue weighted by molar-refractivity contribution is -0.122. The molecular weight excluding hydrogens is 356 g/mol. The zero-order valence-electron chi connectivity index (χ0n) is 16.8. The standard InChI is InChI=1S/C22H28N2O4/c1-16-4-6-19(26-3)18(12-16)14-24(2)15-22(25)23-9-8-17-5-7-20-21(13-17)28-11-10-27-20/h4-7,12-13H,8-11,14-15H2,1-3H3,(H,23,25). The van der Waals surface area contributed by atoms with Crippen molar-refractivity contribution >= 4 is 5.91 Å². The largest absolute Gasteiger partial charge is 0.496 e. The maximum absolute atomic E-state index is 12.3. The summed E-state index contributed by atoms with van der Waals surface area (Å²) in [4.78, 5) is 14.2. The number of ether oxygens (including phenoxy) is 3. The lowest BCUT2D eigenvalue weighted by atomic mass is 10.1. The van der Waals surface area contributed by atoms with Gasteiger partial charge in [-0.3, -0.25) is 9.69 Å². The van der Waals surface area contributed by atoms with Gasteiger partial charge in [-0.25, -0.2) is 0 Å². The number of likely N-dealkylation sites (N-methyl/N-ethyl adjacent to an activating group) is 1. The van der Waals surface area contributed by atoms with Gasteiger partial charge in [-0.05, 0) is 44.2 Å². The summed E-state index contributed by atoms with van der Waals surface area (Å²) in [6.45, 7) is 4.78. The molecule has 0 spiro atoms. The fourth-order valence-corrected chi connectivity index (χ4v) is 3.27. The Balaban J connectivity index is 1.45. The number of benzene rings is 2. The zero-order valence-corrected chi connectivity index (χ0v) is 16.8. The maximum atomic E-state index is 12.3. The molecule has 0 saturated heterocycles. The Hall–Kier alpha value is -2.73. The van der Waals surface area contributed by atoms with E-state index in [9.17, 15) is 4.79 Å². The average Bonchev–Trinajstić information content (AvgIpc) is 2.68. The van der Waals surface area contributed by atoms with Gasteiger partial charge in [0.1, 0.15) is 19.0 Å². The number of aryl methyl sites for hydroxylation is 1. The van der Waals surface area contributed by atoms with Crippen LogP contribution in [0.4, 0.5) is 0 Å². The third-order valence-electron chi connectivity index (χ3n) is 4.63. The van der Waals surface area contributed by atoms with Crippen LogP contribution in [0.15, 0.2) is 36.4 Å². The van der Waals surface area contributed by atoms with Crippen LogP contribution in [0.5, 0.6) is 17.2 Å². The number of hydrogen-bond acceptors (Lipinski definition) is 5. The van der Waals surface area contributed by atoms with Gasteiger partial charge in [-0.15, -0.1) is 0 Å². The molecule has 0 fully saturated rings. The predicted molar refractivity (Wildman–Crippen MR) is 108 cm³/mol. The van der Waals surface area contributed by atoms with Crippen LogP contribution in [0.1, 0.15) is 16.7 Å². The number of amides is 1. The molecular formula is C22H28N2O4. The van der Waals surface area contributed by atoms with Gasteiger partial charge < -0.3 is 19.5 Å². The van der Waals surface area contributed by atoms with E-state index in [0.29, 0.717) is 32.8 Å². The van der Waals surface area contributed by atoms with Crippen LogP contribution < -0.4 is 19.5 Å². The minimum atomic E-state index is 0.00617. The van der Waals surface area contributed by atoms with Crippen LogP contribution in [0.3, 0.4) is 0 Å². The molecule has 0 atom stereocenters. The van der Waals surface area contributed by atoms with Gasteiger partial charge in [0.2, 0.25) is 5.91 Å². The second-order valence-electron chi connectivity index (χ2n) is 7.07. The van der Waals surface area contributed by atoms with Crippen molar-refractivity contribution in [3.8, 4) is 17.2 Å². The van der Waals surface area contributed by atoms with Gasteiger partial charge in [0.15, 0.2) is 11.5 Å². The molecule has 1 heterocycles. The van der Waals surface area contributed by atoms with Gasteiger partial charge in [0.25, 0.3) is 0 Å². The maximum Gasteiger partial charge on any atom is 0.234 e. The van der Waals surface area contributed by atoms with E-state index in [2.05, 4.69) is 11.4 Å². The van der Waals surface area contributed by atoms with E-state index in [-0.39, 0.29) is 5.91 Å². The van der Waals surface area contributed by atoms with Gasteiger partial charge >= 0.3 is 0 Å². The number of carbonyl (C=O) groups excluding carboxylic acids is 1. The van der Waals surface area contributed by atoms with Crippen LogP contribution in [0.25, 0.3) is 0 Å². The molecule has 3 rings (SSSR count). The summed E-state index contributed by atoms with van der Waals surface area (Å²) >= 11 is 0. The summed E-state index contributed by atoms with van der Waals surface area (Å²) in [5.74, 6) is 2.41. The van der Waals surface area contributed by atoms with Crippen molar-refractivity contribution in [3.05, 3.63) is 53.1 Å². The van der Waals surface area contributed by atoms with E-state index in [4.69, 9.17) is 14.2 Å². The summed E-state index contributed by atoms with van der Waals surface area (Å²) in [7, 11) is 3.60. The molecule has 0 aromatic heterocycles. The predicted octanol–water partition coefficient (Wildman–Crippen LogP) is 2.57. The summed E-state index contributed by atoms with van der Waals surface area (Å²) in [5.41, 5.74) is 3.37. The fraction of sp³-hybridized carbons (Fsp3) is 0.409. The molecule has 0 unspecified atom stereocenters. The Morgan fingerprint density at radius 2 is 1.93 bits per heavy atom. The molecule has 150 valence electrons. The number of nitrogens with zero attached hydrogens (tertiary/aromatic N) is 1. The molecule has 6 nitrogen and oxygen atoms in total. The number of fused-ring (bicyclic) bond motifs is 1. The molecule has 0 radical (unpaired) electrons. The highest BCUT2D eigenvalue weighted by molar-refractivity contribution is 5.78. The van der Waals surface area contributed by atoms with E-state index in [0.717, 1.165) is 34.8 Å². The van der Waals surface area contributed by atoms with E-state index in [1.54, 1.807) is 7.11 Å². The van der Waals surface area contributed by atoms with Crippen LogP contribution >= 0.6 is 0 Å². The summed E-state index contributed by atoms with van der Waals surface area (Å²) in [5, 5.41) is 2.98. The zero-order chi connectivity index (χ0) is 19.9. The summed E-state index contributed by atoms with van der Waals surface area (Å²) in [6.07, 6.45) is 0.748. The van der Waals surface area contributed by atoms with Gasteiger partial charge in [0.05, 0.1) is 13.7 Å². The number of hydrogen-bond donors (Lipinski definition) is 1. The number of nitrogens with one attached hydrogen (secondary N) is 1. The minimum Gasteiger partial charge on any atom is -0.496 e. The van der Waals surface area contributed by atoms with Crippen LogP contribution in [0, 0.1) is 6.92 Å². The first-order valence-corrected chi connectivity index (χ1v) is 9.52. The minimum absolute atomic E-state index is 0.00617. The second kappa shape index (κ2) is 9.46. The fourth-order valence-electron chi connectivity index (χ4n) is 3.27. The smallest absolute Gasteiger partial charge is 0.234 e. The van der Waals surface area contributed by atoms with E-state index in [1.807, 2.05) is 49.2 Å². The molecule has 1 N–H and O–H groups in total. The first-order chi connectivity index (χ1) is 13.5. The number of rotatable bonds is 8. The third-order valence-corrected chi connectivity index (χ3v) is 4.63. The first-order valence-electron chi connectivity index (χ1n) is 9.52. The van der Waals surface area contributed by atoms with Gasteiger partial charge in [-0.2, -0.15) is 0 Å². The first kappa shape index (κ1) is 20.0. The normalized spacial score (nSPS) is 12.7. The van der Waals surface area contributed by atoms with Gasteiger partial charge in [-0.1, -0.05) is 23.8 Å². The molecule has 28 heavy (non-hydrogen) atoms. The Labute approximate surface area is 166 Å². The molecule has 2 aromatic rings. The highest BCUT2D eigenvalue weighted by atomic mass is 16.6. The Bertz CT molecular complexity index is 822. The molecule has 2 aromatic carbocycles. The van der Waals surface area contributed by atoms with Gasteiger partial charge in [0, 0.05) is 18.7 Å². The van der Waals surface area contributed by atoms with Crippen molar-refractivity contribution in [2.24, 2.45) is 0 Å². The summed E-state index contributed by atoms with van der Waals surface area (Å²) in [6, 6.07) is 12.0. The number of carbonyl (C=O) groups is 1. The highest BCUT2D eigenvalue weighted by Gasteiger charge is 2.13. The number of methoxy groups -OCH3 is 1. The van der Waals surface area contributed by atoms with Crippen LogP contribution in [0.2, 0.25) is 0 Å². The Kier molecular flexibility index (Phi) is 6.76. The van der Waals surface area contributed by atoms with E-state index in [1.165, 1.54) is 5.56 Å².